The maximum Gasteiger partial charge on any atom is 0.0380 e. The van der Waals surface area contributed by atoms with E-state index < -0.39 is 0 Å². The first-order valence-electron chi connectivity index (χ1n) is 25.6. The lowest BCUT2D eigenvalue weighted by Gasteiger charge is -2.15. The Morgan fingerprint density at radius 1 is 0.270 bits per heavy atom. The molecule has 10 nitrogen and oxygen atoms in total. The van der Waals surface area contributed by atoms with Crippen LogP contribution in [0.3, 0.4) is 0 Å². The molecule has 0 atom stereocenters. The third kappa shape index (κ3) is 16.5. The molecule has 0 radical (unpaired) electrons. The van der Waals surface area contributed by atoms with Crippen molar-refractivity contribution < 1.29 is 0 Å². The standard InChI is InChI=1S/C21H30N2.C17H22N2.C10H16N2.C8H12N2.C7H10N2.CH4/c1-5-16-10-14(11-17(6-2)20(16)22)9-15-12-18(7-3)21(23)19(8-4)13-15;1-10-5-14(6-11(2)16(10)18)9-15-7-12(3)17(19)13(4)8-15;1-5-6(2)10(12)8(4)7(3)9(5)11;1-5-3-7(9)4-6(2)8(5)10;1-5-4-6(8)2-3-7(5)9;/h10-13H,5-9,22-23H2,1-4H3;5-8H,9,18-19H2,1-4H3;11-12H2,1-4H3;3-4H,9-10H2,1-2H3;2-4H,8-9H2,1H3;1H4. The zero-order chi connectivity index (χ0) is 55.2. The number of benzene rings is 7. The molecule has 7 rings (SSSR count). The van der Waals surface area contributed by atoms with Crippen molar-refractivity contribution in [3.63, 3.8) is 0 Å². The second kappa shape index (κ2) is 28.1. The van der Waals surface area contributed by atoms with Crippen molar-refractivity contribution >= 4 is 56.9 Å². The SMILES string of the molecule is C.CCc1cc(Cc2cc(CC)c(N)c(CC)c2)cc(CC)c1N.Cc1c(C)c(N)c(C)c(C)c1N.Cc1cc(Cc2cc(C)c(N)c(C)c2)cc(C)c1N.Cc1cc(N)cc(C)c1N.Cc1cc(N)ccc1N. The van der Waals surface area contributed by atoms with Crippen LogP contribution in [0.5, 0.6) is 0 Å². The van der Waals surface area contributed by atoms with Crippen LogP contribution in [0.25, 0.3) is 0 Å². The van der Waals surface area contributed by atoms with Crippen molar-refractivity contribution in [1.82, 2.24) is 0 Å². The molecule has 7 aromatic carbocycles. The number of anilines is 10. The summed E-state index contributed by atoms with van der Waals surface area (Å²) >= 11 is 0. The Morgan fingerprint density at radius 2 is 0.514 bits per heavy atom. The maximum absolute atomic E-state index is 6.26. The second-order valence-corrected chi connectivity index (χ2v) is 19.7. The van der Waals surface area contributed by atoms with Gasteiger partial charge in [-0.15, -0.1) is 0 Å². The first-order valence-corrected chi connectivity index (χ1v) is 25.6. The Kier molecular flexibility index (Phi) is 23.8. The fraction of sp³-hybridized carbons (Fsp3) is 0.344. The van der Waals surface area contributed by atoms with E-state index in [2.05, 4.69) is 104 Å². The van der Waals surface area contributed by atoms with Crippen LogP contribution in [-0.2, 0) is 38.5 Å². The lowest BCUT2D eigenvalue weighted by molar-refractivity contribution is 1.04. The van der Waals surface area contributed by atoms with Gasteiger partial charge < -0.3 is 57.3 Å². The number of nitrogens with two attached hydrogens (primary N) is 10. The van der Waals surface area contributed by atoms with E-state index in [1.807, 2.05) is 72.7 Å². The van der Waals surface area contributed by atoms with Crippen molar-refractivity contribution in [2.45, 2.75) is 150 Å². The predicted octanol–water partition coefficient (Wildman–Crippen LogP) is 13.7. The Bertz CT molecular complexity index is 2680. The van der Waals surface area contributed by atoms with E-state index in [0.717, 1.165) is 157 Å². The lowest BCUT2D eigenvalue weighted by atomic mass is 9.93. The van der Waals surface area contributed by atoms with Crippen LogP contribution >= 0.6 is 0 Å². The molecule has 0 amide bonds. The quantitative estimate of drug-likeness (QED) is 0.0644. The topological polar surface area (TPSA) is 260 Å². The molecule has 0 heterocycles. The lowest BCUT2D eigenvalue weighted by Crippen LogP contribution is -2.04. The summed E-state index contributed by atoms with van der Waals surface area (Å²) in [6, 6.07) is 27.0. The largest absolute Gasteiger partial charge is 0.399 e. The third-order valence-corrected chi connectivity index (χ3v) is 14.1. The molecule has 0 aliphatic carbocycles. The fourth-order valence-corrected chi connectivity index (χ4v) is 8.96. The molecule has 7 aromatic rings. The minimum atomic E-state index is 0. The van der Waals surface area contributed by atoms with Crippen LogP contribution in [0, 0.1) is 76.2 Å². The summed E-state index contributed by atoms with van der Waals surface area (Å²) in [6.45, 7) is 30.8. The molecule has 0 fully saturated rings. The minimum Gasteiger partial charge on any atom is -0.399 e. The van der Waals surface area contributed by atoms with Crippen molar-refractivity contribution in [1.29, 1.82) is 0 Å². The van der Waals surface area contributed by atoms with Gasteiger partial charge in [0.2, 0.25) is 0 Å². The van der Waals surface area contributed by atoms with Crippen LogP contribution in [0.1, 0.15) is 141 Å². The van der Waals surface area contributed by atoms with E-state index in [9.17, 15) is 0 Å². The maximum atomic E-state index is 6.26. The van der Waals surface area contributed by atoms with Crippen molar-refractivity contribution in [2.24, 2.45) is 0 Å². The van der Waals surface area contributed by atoms with Gasteiger partial charge in [0, 0.05) is 56.9 Å². The van der Waals surface area contributed by atoms with E-state index >= 15 is 0 Å². The highest BCUT2D eigenvalue weighted by atomic mass is 14.6. The van der Waals surface area contributed by atoms with Gasteiger partial charge in [-0.1, -0.05) is 83.7 Å². The van der Waals surface area contributed by atoms with Crippen LogP contribution in [0.15, 0.2) is 78.9 Å². The predicted molar refractivity (Wildman–Crippen MR) is 331 cm³/mol. The summed E-state index contributed by atoms with van der Waals surface area (Å²) < 4.78 is 0. The molecular weight excluding hydrogens is 909 g/mol. The average molecular weight is 1000 g/mol. The first-order chi connectivity index (χ1) is 34.2. The van der Waals surface area contributed by atoms with Crippen molar-refractivity contribution in [3.8, 4) is 0 Å². The van der Waals surface area contributed by atoms with Gasteiger partial charge in [-0.05, 0) is 251 Å². The summed E-state index contributed by atoms with van der Waals surface area (Å²) in [5.41, 5.74) is 89.8. The molecule has 20 N–H and O–H groups in total. The van der Waals surface area contributed by atoms with Gasteiger partial charge in [-0.2, -0.15) is 0 Å². The van der Waals surface area contributed by atoms with Crippen LogP contribution < -0.4 is 57.3 Å². The highest BCUT2D eigenvalue weighted by Gasteiger charge is 2.12. The summed E-state index contributed by atoms with van der Waals surface area (Å²) in [5.74, 6) is 0. The Hall–Kier alpha value is -7.46. The molecule has 0 aliphatic rings. The van der Waals surface area contributed by atoms with E-state index in [0.29, 0.717) is 0 Å². The molecule has 0 unspecified atom stereocenters. The van der Waals surface area contributed by atoms with E-state index in [1.165, 1.54) is 44.5 Å². The van der Waals surface area contributed by atoms with Crippen molar-refractivity contribution in [3.05, 3.63) is 185 Å². The minimum absolute atomic E-state index is 0. The smallest absolute Gasteiger partial charge is 0.0380 e. The molecule has 0 spiro atoms. The fourth-order valence-electron chi connectivity index (χ4n) is 8.96. The number of rotatable bonds is 8. The molecule has 0 bridgehead atoms. The first kappa shape index (κ1) is 62.7. The summed E-state index contributed by atoms with van der Waals surface area (Å²) in [7, 11) is 0. The van der Waals surface area contributed by atoms with Gasteiger partial charge in [0.25, 0.3) is 0 Å². The normalized spacial score (nSPS) is 10.3. The zero-order valence-corrected chi connectivity index (χ0v) is 47.0. The van der Waals surface area contributed by atoms with E-state index in [4.69, 9.17) is 57.3 Å². The number of aryl methyl sites for hydroxylation is 11. The van der Waals surface area contributed by atoms with Crippen LogP contribution in [0.4, 0.5) is 56.9 Å². The molecule has 0 saturated heterocycles. The zero-order valence-electron chi connectivity index (χ0n) is 47.0. The van der Waals surface area contributed by atoms with Gasteiger partial charge in [0.05, 0.1) is 0 Å². The van der Waals surface area contributed by atoms with Gasteiger partial charge in [-0.3, -0.25) is 0 Å². The number of hydrogen-bond donors (Lipinski definition) is 10. The summed E-state index contributed by atoms with van der Waals surface area (Å²) in [4.78, 5) is 0. The molecule has 0 saturated carbocycles. The van der Waals surface area contributed by atoms with Gasteiger partial charge >= 0.3 is 0 Å². The van der Waals surface area contributed by atoms with Crippen molar-refractivity contribution in [2.75, 3.05) is 57.3 Å². The summed E-state index contributed by atoms with van der Waals surface area (Å²) in [6.07, 6.45) is 5.79. The Morgan fingerprint density at radius 3 is 0.757 bits per heavy atom. The average Bonchev–Trinajstić information content (AvgIpc) is 3.35. The van der Waals surface area contributed by atoms with Gasteiger partial charge in [0.1, 0.15) is 0 Å². The van der Waals surface area contributed by atoms with E-state index in [-0.39, 0.29) is 7.43 Å². The van der Waals surface area contributed by atoms with Gasteiger partial charge in [0.15, 0.2) is 0 Å². The molecule has 400 valence electrons. The highest BCUT2D eigenvalue weighted by Crippen LogP contribution is 2.31. The van der Waals surface area contributed by atoms with Gasteiger partial charge in [-0.25, -0.2) is 0 Å². The third-order valence-electron chi connectivity index (χ3n) is 14.1. The Labute approximate surface area is 446 Å². The highest BCUT2D eigenvalue weighted by molar-refractivity contribution is 5.70. The molecule has 74 heavy (non-hydrogen) atoms. The molecule has 0 aliphatic heterocycles. The number of nitrogen functional groups attached to an aromatic ring is 10. The monoisotopic (exact) mass is 1000 g/mol. The van der Waals surface area contributed by atoms with Crippen LogP contribution in [0.2, 0.25) is 0 Å². The van der Waals surface area contributed by atoms with E-state index in [1.54, 1.807) is 6.07 Å². The van der Waals surface area contributed by atoms with Crippen LogP contribution in [-0.4, -0.2) is 0 Å². The second-order valence-electron chi connectivity index (χ2n) is 19.7. The molecule has 0 aromatic heterocycles. The Balaban J connectivity index is 0.000000331. The molecule has 10 heteroatoms. The number of hydrogen-bond acceptors (Lipinski definition) is 10. The summed E-state index contributed by atoms with van der Waals surface area (Å²) in [5, 5.41) is 0. The molecular formula is C64H94N10.